The molecule has 3 rings (SSSR count). The largest absolute Gasteiger partial charge is 0.352 e. The molecule has 144 valence electrons. The standard InChI is InChI=1S/C19H25N5O3/c1-3-16-8-14(9-17(25)22-16)19(27)24-6-4-13(5-7-24)10-20-18(26)15-11-21-23(2)12-15/h8-9,11-13H,3-7,10H2,1-2H3,(H,20,26)(H,22,25). The minimum atomic E-state index is -0.245. The van der Waals surface area contributed by atoms with Gasteiger partial charge in [-0.25, -0.2) is 0 Å². The molecule has 2 N–H and O–H groups in total. The van der Waals surface area contributed by atoms with Crippen molar-refractivity contribution >= 4 is 11.8 Å². The molecule has 0 unspecified atom stereocenters. The molecule has 0 aromatic carbocycles. The third kappa shape index (κ3) is 4.64. The van der Waals surface area contributed by atoms with Crippen LogP contribution in [0.2, 0.25) is 0 Å². The molecule has 1 aliphatic rings. The normalized spacial score (nSPS) is 15.0. The summed E-state index contributed by atoms with van der Waals surface area (Å²) in [4.78, 5) is 41.0. The van der Waals surface area contributed by atoms with Gasteiger partial charge in [0.15, 0.2) is 0 Å². The van der Waals surface area contributed by atoms with Crippen LogP contribution in [0.5, 0.6) is 0 Å². The first kappa shape index (κ1) is 18.9. The number of pyridine rings is 1. The maximum atomic E-state index is 12.7. The Morgan fingerprint density at radius 3 is 2.63 bits per heavy atom. The highest BCUT2D eigenvalue weighted by Crippen LogP contribution is 2.18. The van der Waals surface area contributed by atoms with E-state index in [1.54, 1.807) is 35.1 Å². The van der Waals surface area contributed by atoms with Gasteiger partial charge in [0.05, 0.1) is 11.8 Å². The summed E-state index contributed by atoms with van der Waals surface area (Å²) in [6, 6.07) is 3.12. The zero-order valence-electron chi connectivity index (χ0n) is 15.7. The first-order valence-corrected chi connectivity index (χ1v) is 9.25. The average Bonchev–Trinajstić information content (AvgIpc) is 3.12. The van der Waals surface area contributed by atoms with Crippen LogP contribution in [-0.2, 0) is 13.5 Å². The SMILES string of the molecule is CCc1cc(C(=O)N2CCC(CNC(=O)c3cnn(C)c3)CC2)cc(=O)[nH]1. The van der Waals surface area contributed by atoms with Gasteiger partial charge in [-0.3, -0.25) is 19.1 Å². The summed E-state index contributed by atoms with van der Waals surface area (Å²) in [5.74, 6) is 0.103. The fourth-order valence-corrected chi connectivity index (χ4v) is 3.32. The zero-order valence-corrected chi connectivity index (χ0v) is 15.7. The Bertz CT molecular complexity index is 877. The van der Waals surface area contributed by atoms with E-state index in [2.05, 4.69) is 15.4 Å². The lowest BCUT2D eigenvalue weighted by Gasteiger charge is -2.32. The van der Waals surface area contributed by atoms with Crippen LogP contribution >= 0.6 is 0 Å². The smallest absolute Gasteiger partial charge is 0.254 e. The average molecular weight is 371 g/mol. The maximum absolute atomic E-state index is 12.7. The third-order valence-corrected chi connectivity index (χ3v) is 4.95. The van der Waals surface area contributed by atoms with Gasteiger partial charge in [0, 0.05) is 50.2 Å². The molecule has 1 saturated heterocycles. The number of piperidine rings is 1. The maximum Gasteiger partial charge on any atom is 0.254 e. The molecule has 0 atom stereocenters. The zero-order chi connectivity index (χ0) is 19.4. The van der Waals surface area contributed by atoms with Gasteiger partial charge < -0.3 is 15.2 Å². The second kappa shape index (κ2) is 8.20. The van der Waals surface area contributed by atoms with E-state index in [9.17, 15) is 14.4 Å². The number of aromatic amines is 1. The molecular formula is C19H25N5O3. The van der Waals surface area contributed by atoms with E-state index in [-0.39, 0.29) is 17.4 Å². The number of amides is 2. The second-order valence-corrected chi connectivity index (χ2v) is 6.96. The van der Waals surface area contributed by atoms with E-state index in [1.807, 2.05) is 6.92 Å². The van der Waals surface area contributed by atoms with Crippen molar-refractivity contribution < 1.29 is 9.59 Å². The summed E-state index contributed by atoms with van der Waals surface area (Å²) in [6.45, 7) is 3.77. The number of aromatic nitrogens is 3. The van der Waals surface area contributed by atoms with E-state index >= 15 is 0 Å². The third-order valence-electron chi connectivity index (χ3n) is 4.95. The fourth-order valence-electron chi connectivity index (χ4n) is 3.32. The van der Waals surface area contributed by atoms with Crippen molar-refractivity contribution in [3.63, 3.8) is 0 Å². The van der Waals surface area contributed by atoms with Crippen LogP contribution in [0.25, 0.3) is 0 Å². The number of hydrogen-bond donors (Lipinski definition) is 2. The van der Waals surface area contributed by atoms with Crippen molar-refractivity contribution in [2.45, 2.75) is 26.2 Å². The van der Waals surface area contributed by atoms with Crippen LogP contribution in [0.15, 0.2) is 29.3 Å². The Hall–Kier alpha value is -2.90. The van der Waals surface area contributed by atoms with Gasteiger partial charge in [-0.15, -0.1) is 0 Å². The van der Waals surface area contributed by atoms with Crippen molar-refractivity contribution in [3.8, 4) is 0 Å². The highest BCUT2D eigenvalue weighted by Gasteiger charge is 2.24. The molecule has 3 heterocycles. The summed E-state index contributed by atoms with van der Waals surface area (Å²) in [6.07, 6.45) is 5.55. The number of hydrogen-bond acceptors (Lipinski definition) is 4. The number of likely N-dealkylation sites (tertiary alicyclic amines) is 1. The Morgan fingerprint density at radius 1 is 1.26 bits per heavy atom. The lowest BCUT2D eigenvalue weighted by molar-refractivity contribution is 0.0684. The molecular weight excluding hydrogens is 346 g/mol. The lowest BCUT2D eigenvalue weighted by atomic mass is 9.96. The monoisotopic (exact) mass is 371 g/mol. The van der Waals surface area contributed by atoms with Gasteiger partial charge in [-0.2, -0.15) is 5.10 Å². The fraction of sp³-hybridized carbons (Fsp3) is 0.474. The minimum absolute atomic E-state index is 0.103. The number of carbonyl (C=O) groups excluding carboxylic acids is 2. The predicted molar refractivity (Wildman–Crippen MR) is 101 cm³/mol. The number of nitrogens with zero attached hydrogens (tertiary/aromatic N) is 3. The summed E-state index contributed by atoms with van der Waals surface area (Å²) < 4.78 is 1.59. The molecule has 2 aromatic rings. The topological polar surface area (TPSA) is 100 Å². The predicted octanol–water partition coefficient (Wildman–Crippen LogP) is 0.953. The molecule has 27 heavy (non-hydrogen) atoms. The molecule has 1 aliphatic heterocycles. The molecule has 0 radical (unpaired) electrons. The van der Waals surface area contributed by atoms with E-state index in [1.165, 1.54) is 6.07 Å². The van der Waals surface area contributed by atoms with Crippen molar-refractivity contribution in [1.29, 1.82) is 0 Å². The highest BCUT2D eigenvalue weighted by atomic mass is 16.2. The van der Waals surface area contributed by atoms with Gasteiger partial charge in [-0.05, 0) is 31.2 Å². The number of carbonyl (C=O) groups is 2. The van der Waals surface area contributed by atoms with Gasteiger partial charge in [0.1, 0.15) is 0 Å². The molecule has 8 heteroatoms. The summed E-state index contributed by atoms with van der Waals surface area (Å²) in [7, 11) is 1.77. The molecule has 1 fully saturated rings. The Labute approximate surface area is 157 Å². The van der Waals surface area contributed by atoms with E-state index < -0.39 is 0 Å². The van der Waals surface area contributed by atoms with E-state index in [0.29, 0.717) is 43.1 Å². The van der Waals surface area contributed by atoms with Crippen molar-refractivity contribution in [2.75, 3.05) is 19.6 Å². The molecule has 0 aliphatic carbocycles. The van der Waals surface area contributed by atoms with Crippen LogP contribution in [0.1, 0.15) is 46.2 Å². The summed E-state index contributed by atoms with van der Waals surface area (Å²) in [5, 5.41) is 6.94. The van der Waals surface area contributed by atoms with Crippen LogP contribution in [0.3, 0.4) is 0 Å². The summed E-state index contributed by atoms with van der Waals surface area (Å²) >= 11 is 0. The highest BCUT2D eigenvalue weighted by molar-refractivity contribution is 5.94. The van der Waals surface area contributed by atoms with Crippen LogP contribution in [0.4, 0.5) is 0 Å². The van der Waals surface area contributed by atoms with Crippen LogP contribution in [-0.4, -0.2) is 51.1 Å². The number of aryl methyl sites for hydroxylation is 2. The number of rotatable bonds is 5. The number of nitrogens with one attached hydrogen (secondary N) is 2. The summed E-state index contributed by atoms with van der Waals surface area (Å²) in [5.41, 5.74) is 1.51. The van der Waals surface area contributed by atoms with Crippen molar-refractivity contribution in [1.82, 2.24) is 25.0 Å². The Balaban J connectivity index is 1.51. The van der Waals surface area contributed by atoms with Gasteiger partial charge in [0.25, 0.3) is 11.8 Å². The Morgan fingerprint density at radius 2 is 2.00 bits per heavy atom. The molecule has 0 saturated carbocycles. The quantitative estimate of drug-likeness (QED) is 0.817. The van der Waals surface area contributed by atoms with Crippen LogP contribution < -0.4 is 10.9 Å². The van der Waals surface area contributed by atoms with Gasteiger partial charge >= 0.3 is 0 Å². The minimum Gasteiger partial charge on any atom is -0.352 e. The van der Waals surface area contributed by atoms with E-state index in [4.69, 9.17) is 0 Å². The molecule has 8 nitrogen and oxygen atoms in total. The first-order chi connectivity index (χ1) is 13.0. The second-order valence-electron chi connectivity index (χ2n) is 6.96. The van der Waals surface area contributed by atoms with Crippen molar-refractivity contribution in [2.24, 2.45) is 13.0 Å². The Kier molecular flexibility index (Phi) is 5.73. The molecule has 0 bridgehead atoms. The van der Waals surface area contributed by atoms with E-state index in [0.717, 1.165) is 18.5 Å². The lowest BCUT2D eigenvalue weighted by Crippen LogP contribution is -2.41. The van der Waals surface area contributed by atoms with Gasteiger partial charge in [-0.1, -0.05) is 6.92 Å². The van der Waals surface area contributed by atoms with Gasteiger partial charge in [0.2, 0.25) is 5.56 Å². The molecule has 2 aromatic heterocycles. The first-order valence-electron chi connectivity index (χ1n) is 9.25. The van der Waals surface area contributed by atoms with Crippen molar-refractivity contribution in [3.05, 3.63) is 51.7 Å². The number of H-pyrrole nitrogens is 1. The van der Waals surface area contributed by atoms with Crippen LogP contribution in [0, 0.1) is 5.92 Å². The molecule has 0 spiro atoms. The molecule has 2 amide bonds.